The molecule has 0 bridgehead atoms. The number of hydrogen-bond acceptors (Lipinski definition) is 6. The van der Waals surface area contributed by atoms with Crippen molar-refractivity contribution < 1.29 is 13.7 Å². The summed E-state index contributed by atoms with van der Waals surface area (Å²) in [6, 6.07) is 3.73. The van der Waals surface area contributed by atoms with Gasteiger partial charge in [0.15, 0.2) is 11.8 Å². The van der Waals surface area contributed by atoms with E-state index in [0.29, 0.717) is 37.4 Å². The van der Waals surface area contributed by atoms with Crippen molar-refractivity contribution >= 4 is 29.9 Å². The minimum Gasteiger partial charge on any atom is -0.467 e. The summed E-state index contributed by atoms with van der Waals surface area (Å²) in [6.07, 6.45) is 1.45. The average molecular weight is 435 g/mol. The largest absolute Gasteiger partial charge is 0.467 e. The Hall–Kier alpha value is -1.62. The van der Waals surface area contributed by atoms with Gasteiger partial charge in [0.2, 0.25) is 5.89 Å². The molecule has 0 aliphatic carbocycles. The van der Waals surface area contributed by atoms with Crippen molar-refractivity contribution in [3.8, 4) is 0 Å². The average Bonchev–Trinajstić information content (AvgIpc) is 3.19. The number of hydrogen-bond donors (Lipinski definition) is 2. The molecule has 0 radical (unpaired) electrons. The molecule has 0 fully saturated rings. The number of aliphatic imine (C=N–C) groups is 1. The molecule has 2 aromatic rings. The van der Waals surface area contributed by atoms with E-state index >= 15 is 0 Å². The van der Waals surface area contributed by atoms with Crippen LogP contribution < -0.4 is 10.6 Å². The summed E-state index contributed by atoms with van der Waals surface area (Å²) in [4.78, 5) is 8.39. The SMILES string of the molecule is CCOC(C)c1noc(CNC(=NC)NCc2ccco2)n1.I. The molecule has 0 saturated heterocycles. The van der Waals surface area contributed by atoms with Gasteiger partial charge in [0.25, 0.3) is 0 Å². The molecule has 0 amide bonds. The number of halogens is 1. The lowest BCUT2D eigenvalue weighted by Crippen LogP contribution is -2.36. The van der Waals surface area contributed by atoms with Crippen LogP contribution in [-0.2, 0) is 17.8 Å². The third kappa shape index (κ3) is 6.18. The molecule has 2 aromatic heterocycles. The monoisotopic (exact) mass is 435 g/mol. The molecule has 0 aliphatic rings. The Morgan fingerprint density at radius 2 is 2.17 bits per heavy atom. The summed E-state index contributed by atoms with van der Waals surface area (Å²) < 4.78 is 15.8. The Morgan fingerprint density at radius 1 is 1.39 bits per heavy atom. The highest BCUT2D eigenvalue weighted by Crippen LogP contribution is 2.12. The van der Waals surface area contributed by atoms with E-state index in [-0.39, 0.29) is 30.1 Å². The molecular formula is C14H22IN5O3. The minimum atomic E-state index is -0.182. The lowest BCUT2D eigenvalue weighted by molar-refractivity contribution is 0.0683. The minimum absolute atomic E-state index is 0. The third-order valence-corrected chi connectivity index (χ3v) is 2.90. The quantitative estimate of drug-likeness (QED) is 0.391. The van der Waals surface area contributed by atoms with Crippen LogP contribution in [0.15, 0.2) is 32.3 Å². The summed E-state index contributed by atoms with van der Waals surface area (Å²) in [7, 11) is 1.69. The highest BCUT2D eigenvalue weighted by atomic mass is 127. The lowest BCUT2D eigenvalue weighted by atomic mass is 10.4. The number of guanidine groups is 1. The number of furan rings is 1. The van der Waals surface area contributed by atoms with E-state index in [9.17, 15) is 0 Å². The first-order valence-electron chi connectivity index (χ1n) is 7.14. The second-order valence-electron chi connectivity index (χ2n) is 4.50. The Balaban J connectivity index is 0.00000264. The molecule has 0 spiro atoms. The van der Waals surface area contributed by atoms with E-state index in [1.165, 1.54) is 0 Å². The van der Waals surface area contributed by atoms with Crippen LogP contribution in [0.1, 0.15) is 37.4 Å². The summed E-state index contributed by atoms with van der Waals surface area (Å²) in [6.45, 7) is 5.34. The number of nitrogens with one attached hydrogen (secondary N) is 2. The number of nitrogens with zero attached hydrogens (tertiary/aromatic N) is 3. The van der Waals surface area contributed by atoms with Gasteiger partial charge in [0, 0.05) is 13.7 Å². The molecule has 0 aliphatic heterocycles. The van der Waals surface area contributed by atoms with Crippen molar-refractivity contribution in [1.82, 2.24) is 20.8 Å². The van der Waals surface area contributed by atoms with Crippen LogP contribution >= 0.6 is 24.0 Å². The topological polar surface area (TPSA) is 97.7 Å². The second-order valence-corrected chi connectivity index (χ2v) is 4.50. The second kappa shape index (κ2) is 10.2. The number of ether oxygens (including phenoxy) is 1. The van der Waals surface area contributed by atoms with E-state index in [1.807, 2.05) is 26.0 Å². The Morgan fingerprint density at radius 3 is 2.83 bits per heavy atom. The molecule has 0 aromatic carbocycles. The fraction of sp³-hybridized carbons (Fsp3) is 0.500. The maximum Gasteiger partial charge on any atom is 0.246 e. The Labute approximate surface area is 152 Å². The van der Waals surface area contributed by atoms with E-state index in [4.69, 9.17) is 13.7 Å². The standard InChI is InChI=1S/C14H21N5O3.HI/c1-4-20-10(2)13-18-12(22-19-13)9-17-14(15-3)16-8-11-6-5-7-21-11;/h5-7,10H,4,8-9H2,1-3H3,(H2,15,16,17);1H. The van der Waals surface area contributed by atoms with Gasteiger partial charge >= 0.3 is 0 Å². The Kier molecular flexibility index (Phi) is 8.62. The van der Waals surface area contributed by atoms with Gasteiger partial charge in [-0.25, -0.2) is 0 Å². The van der Waals surface area contributed by atoms with Crippen LogP contribution in [0.5, 0.6) is 0 Å². The smallest absolute Gasteiger partial charge is 0.246 e. The normalized spacial score (nSPS) is 12.6. The van der Waals surface area contributed by atoms with Crippen LogP contribution in [0, 0.1) is 0 Å². The number of rotatable bonds is 7. The molecule has 2 heterocycles. The third-order valence-electron chi connectivity index (χ3n) is 2.90. The van der Waals surface area contributed by atoms with E-state index < -0.39 is 0 Å². The van der Waals surface area contributed by atoms with Crippen LogP contribution in [0.3, 0.4) is 0 Å². The van der Waals surface area contributed by atoms with E-state index in [2.05, 4.69) is 25.8 Å². The maximum atomic E-state index is 5.42. The molecule has 2 rings (SSSR count). The van der Waals surface area contributed by atoms with Gasteiger partial charge in [-0.1, -0.05) is 5.16 Å². The van der Waals surface area contributed by atoms with Gasteiger partial charge < -0.3 is 24.3 Å². The first kappa shape index (κ1) is 19.4. The molecule has 0 saturated carbocycles. The molecule has 128 valence electrons. The summed E-state index contributed by atoms with van der Waals surface area (Å²) in [5.41, 5.74) is 0. The van der Waals surface area contributed by atoms with Crippen LogP contribution in [0.2, 0.25) is 0 Å². The zero-order chi connectivity index (χ0) is 15.8. The zero-order valence-electron chi connectivity index (χ0n) is 13.4. The molecule has 1 unspecified atom stereocenters. The summed E-state index contributed by atoms with van der Waals surface area (Å²) >= 11 is 0. The van der Waals surface area contributed by atoms with Gasteiger partial charge in [-0.15, -0.1) is 24.0 Å². The summed E-state index contributed by atoms with van der Waals surface area (Å²) in [5.74, 6) is 2.46. The van der Waals surface area contributed by atoms with Gasteiger partial charge in [-0.2, -0.15) is 4.98 Å². The van der Waals surface area contributed by atoms with Crippen molar-refractivity contribution in [2.24, 2.45) is 4.99 Å². The maximum absolute atomic E-state index is 5.42. The highest BCUT2D eigenvalue weighted by Gasteiger charge is 2.13. The first-order chi connectivity index (χ1) is 10.7. The molecule has 8 nitrogen and oxygen atoms in total. The molecule has 23 heavy (non-hydrogen) atoms. The Bertz CT molecular complexity index is 585. The van der Waals surface area contributed by atoms with Crippen LogP contribution in [0.25, 0.3) is 0 Å². The van der Waals surface area contributed by atoms with Crippen molar-refractivity contribution in [1.29, 1.82) is 0 Å². The first-order valence-corrected chi connectivity index (χ1v) is 7.14. The van der Waals surface area contributed by atoms with Gasteiger partial charge in [0.1, 0.15) is 11.9 Å². The zero-order valence-corrected chi connectivity index (χ0v) is 15.7. The highest BCUT2D eigenvalue weighted by molar-refractivity contribution is 14.0. The van der Waals surface area contributed by atoms with Gasteiger partial charge in [-0.3, -0.25) is 4.99 Å². The molecule has 9 heteroatoms. The van der Waals surface area contributed by atoms with Gasteiger partial charge in [-0.05, 0) is 26.0 Å². The van der Waals surface area contributed by atoms with E-state index in [0.717, 1.165) is 5.76 Å². The van der Waals surface area contributed by atoms with Crippen molar-refractivity contribution in [3.63, 3.8) is 0 Å². The summed E-state index contributed by atoms with van der Waals surface area (Å²) in [5, 5.41) is 10.1. The van der Waals surface area contributed by atoms with Crippen molar-refractivity contribution in [2.45, 2.75) is 33.0 Å². The van der Waals surface area contributed by atoms with Crippen molar-refractivity contribution in [2.75, 3.05) is 13.7 Å². The fourth-order valence-electron chi connectivity index (χ4n) is 1.79. The number of aromatic nitrogens is 2. The lowest BCUT2D eigenvalue weighted by Gasteiger charge is -2.08. The van der Waals surface area contributed by atoms with Crippen LogP contribution in [0.4, 0.5) is 0 Å². The van der Waals surface area contributed by atoms with Crippen molar-refractivity contribution in [3.05, 3.63) is 35.9 Å². The van der Waals surface area contributed by atoms with Gasteiger partial charge in [0.05, 0.1) is 19.4 Å². The van der Waals surface area contributed by atoms with E-state index in [1.54, 1.807) is 13.3 Å². The molecular weight excluding hydrogens is 413 g/mol. The fourth-order valence-corrected chi connectivity index (χ4v) is 1.79. The molecule has 1 atom stereocenters. The predicted octanol–water partition coefficient (Wildman–Crippen LogP) is 2.24. The predicted molar refractivity (Wildman–Crippen MR) is 95.5 cm³/mol. The molecule has 2 N–H and O–H groups in total. The van der Waals surface area contributed by atoms with Crippen LogP contribution in [-0.4, -0.2) is 29.8 Å².